The van der Waals surface area contributed by atoms with Crippen LogP contribution in [0, 0.1) is 0 Å². The van der Waals surface area contributed by atoms with Gasteiger partial charge >= 0.3 is 12.1 Å². The van der Waals surface area contributed by atoms with E-state index in [1.54, 1.807) is 31.4 Å². The van der Waals surface area contributed by atoms with Crippen LogP contribution in [0.1, 0.15) is 66.9 Å². The van der Waals surface area contributed by atoms with Gasteiger partial charge in [-0.1, -0.05) is 67.6 Å². The van der Waals surface area contributed by atoms with Crippen molar-refractivity contribution < 1.29 is 32.2 Å². The van der Waals surface area contributed by atoms with Crippen molar-refractivity contribution in [1.82, 2.24) is 10.2 Å². The Hall–Kier alpha value is -3.69. The van der Waals surface area contributed by atoms with Crippen LogP contribution in [0.2, 0.25) is 0 Å². The molecular weight excluding hydrogens is 581 g/mol. The fourth-order valence-corrected chi connectivity index (χ4v) is 5.96. The highest BCUT2D eigenvalue weighted by atomic mass is 19.4. The van der Waals surface area contributed by atoms with Gasteiger partial charge in [-0.3, -0.25) is 9.59 Å². The number of rotatable bonds is 14. The summed E-state index contributed by atoms with van der Waals surface area (Å²) in [5, 5.41) is 3.14. The predicted molar refractivity (Wildman–Crippen MR) is 169 cm³/mol. The zero-order valence-electron chi connectivity index (χ0n) is 26.1. The first-order valence-electron chi connectivity index (χ1n) is 15.6. The zero-order valence-corrected chi connectivity index (χ0v) is 26.1. The normalized spacial score (nSPS) is 15.8. The number of ether oxygens (including phenoxy) is 2. The van der Waals surface area contributed by atoms with Crippen molar-refractivity contribution in [2.24, 2.45) is 0 Å². The summed E-state index contributed by atoms with van der Waals surface area (Å²) in [7, 11) is 1.63. The SMILES string of the molecule is COCCCOC(=O)CC(C)(CCCN1CCC(NC(=O)c2ccccc2-c2ccc(C(F)(F)F)cc2)CC1)c1ccccc1. The van der Waals surface area contributed by atoms with Gasteiger partial charge in [0.05, 0.1) is 18.6 Å². The standard InChI is InChI=1S/C36H43F3N2O4/c1-35(28-10-4-3-5-11-28,26-33(42)45-25-9-24-44-2)20-8-21-41-22-18-30(19-23-41)40-34(43)32-13-7-6-12-31(32)27-14-16-29(17-15-27)36(37,38)39/h3-7,10-17,30H,8-9,18-26H2,1-2H3,(H,40,43). The molecule has 0 radical (unpaired) electrons. The molecule has 6 nitrogen and oxygen atoms in total. The van der Waals surface area contributed by atoms with Crippen molar-refractivity contribution in [3.05, 3.63) is 95.6 Å². The number of carbonyl (C=O) groups is 2. The van der Waals surface area contributed by atoms with E-state index >= 15 is 0 Å². The molecule has 0 aromatic heterocycles. The maximum atomic E-state index is 13.3. The molecule has 0 bridgehead atoms. The number of piperidine rings is 1. The molecule has 4 rings (SSSR count). The van der Waals surface area contributed by atoms with Gasteiger partial charge in [-0.15, -0.1) is 0 Å². The molecule has 1 unspecified atom stereocenters. The first-order valence-corrected chi connectivity index (χ1v) is 15.6. The summed E-state index contributed by atoms with van der Waals surface area (Å²) >= 11 is 0. The molecule has 45 heavy (non-hydrogen) atoms. The van der Waals surface area contributed by atoms with E-state index in [2.05, 4.69) is 29.3 Å². The van der Waals surface area contributed by atoms with E-state index in [4.69, 9.17) is 9.47 Å². The van der Waals surface area contributed by atoms with E-state index < -0.39 is 11.7 Å². The Bertz CT molecular complexity index is 1370. The number of halogens is 3. The number of esters is 1. The number of nitrogens with one attached hydrogen (secondary N) is 1. The molecule has 1 atom stereocenters. The van der Waals surface area contributed by atoms with Gasteiger partial charge in [0.2, 0.25) is 0 Å². The van der Waals surface area contributed by atoms with Gasteiger partial charge in [0.15, 0.2) is 0 Å². The van der Waals surface area contributed by atoms with E-state index in [1.165, 1.54) is 12.1 Å². The number of nitrogens with zero attached hydrogens (tertiary/aromatic N) is 1. The van der Waals surface area contributed by atoms with Gasteiger partial charge in [0, 0.05) is 50.2 Å². The Morgan fingerprint density at radius 2 is 1.53 bits per heavy atom. The molecule has 1 aliphatic heterocycles. The van der Waals surface area contributed by atoms with Crippen LogP contribution in [0.3, 0.4) is 0 Å². The van der Waals surface area contributed by atoms with Crippen LogP contribution in [-0.4, -0.2) is 62.8 Å². The molecule has 1 fully saturated rings. The quantitative estimate of drug-likeness (QED) is 0.151. The largest absolute Gasteiger partial charge is 0.466 e. The highest BCUT2D eigenvalue weighted by Gasteiger charge is 2.32. The Labute approximate surface area is 263 Å². The van der Waals surface area contributed by atoms with Crippen LogP contribution in [0.5, 0.6) is 0 Å². The number of alkyl halides is 3. The Morgan fingerprint density at radius 1 is 0.867 bits per heavy atom. The highest BCUT2D eigenvalue weighted by Crippen LogP contribution is 2.34. The molecule has 9 heteroatoms. The third kappa shape index (κ3) is 9.90. The van der Waals surface area contributed by atoms with E-state index in [1.807, 2.05) is 18.2 Å². The first kappa shape index (κ1) is 34.2. The minimum absolute atomic E-state index is 0.0110. The molecule has 1 heterocycles. The molecular formula is C36H43F3N2O4. The smallest absolute Gasteiger partial charge is 0.416 e. The van der Waals surface area contributed by atoms with Crippen LogP contribution < -0.4 is 5.32 Å². The fourth-order valence-electron chi connectivity index (χ4n) is 5.96. The van der Waals surface area contributed by atoms with Gasteiger partial charge in [-0.05, 0) is 67.1 Å². The number of likely N-dealkylation sites (tertiary alicyclic amines) is 1. The van der Waals surface area contributed by atoms with E-state index in [9.17, 15) is 22.8 Å². The third-order valence-corrected chi connectivity index (χ3v) is 8.58. The number of hydrogen-bond acceptors (Lipinski definition) is 5. The van der Waals surface area contributed by atoms with Crippen molar-refractivity contribution >= 4 is 11.9 Å². The zero-order chi connectivity index (χ0) is 32.3. The van der Waals surface area contributed by atoms with Gasteiger partial charge < -0.3 is 19.7 Å². The number of carbonyl (C=O) groups excluding carboxylic acids is 2. The summed E-state index contributed by atoms with van der Waals surface area (Å²) in [5.41, 5.74) is 1.66. The number of benzene rings is 3. The summed E-state index contributed by atoms with van der Waals surface area (Å²) in [4.78, 5) is 28.4. The van der Waals surface area contributed by atoms with Crippen LogP contribution in [-0.2, 0) is 25.9 Å². The lowest BCUT2D eigenvalue weighted by molar-refractivity contribution is -0.145. The monoisotopic (exact) mass is 624 g/mol. The molecule has 1 amide bonds. The maximum Gasteiger partial charge on any atom is 0.416 e. The Kier molecular flexibility index (Phi) is 12.2. The molecule has 1 aliphatic rings. The number of amides is 1. The minimum atomic E-state index is -4.41. The van der Waals surface area contributed by atoms with Crippen LogP contribution in [0.15, 0.2) is 78.9 Å². The van der Waals surface area contributed by atoms with Crippen LogP contribution in [0.4, 0.5) is 13.2 Å². The van der Waals surface area contributed by atoms with E-state index in [-0.39, 0.29) is 23.3 Å². The van der Waals surface area contributed by atoms with Crippen LogP contribution >= 0.6 is 0 Å². The lowest BCUT2D eigenvalue weighted by Crippen LogP contribution is -2.45. The molecule has 0 saturated carbocycles. The van der Waals surface area contributed by atoms with Gasteiger partial charge in [-0.25, -0.2) is 0 Å². The topological polar surface area (TPSA) is 67.9 Å². The van der Waals surface area contributed by atoms with Crippen molar-refractivity contribution in [2.75, 3.05) is 40.0 Å². The summed E-state index contributed by atoms with van der Waals surface area (Å²) in [5.74, 6) is -0.425. The maximum absolute atomic E-state index is 13.3. The molecule has 242 valence electrons. The summed E-state index contributed by atoms with van der Waals surface area (Å²) in [6, 6.07) is 22.0. The second-order valence-corrected chi connectivity index (χ2v) is 12.0. The second-order valence-electron chi connectivity index (χ2n) is 12.0. The average molecular weight is 625 g/mol. The van der Waals surface area contributed by atoms with Crippen molar-refractivity contribution in [2.45, 2.75) is 63.1 Å². The Balaban J connectivity index is 1.28. The van der Waals surface area contributed by atoms with Gasteiger partial charge in [-0.2, -0.15) is 13.2 Å². The highest BCUT2D eigenvalue weighted by molar-refractivity contribution is 6.01. The summed E-state index contributed by atoms with van der Waals surface area (Å²) in [6.45, 7) is 5.61. The number of methoxy groups -OCH3 is 1. The minimum Gasteiger partial charge on any atom is -0.466 e. The molecule has 0 aliphatic carbocycles. The van der Waals surface area contributed by atoms with E-state index in [0.717, 1.165) is 63.0 Å². The molecule has 1 N–H and O–H groups in total. The average Bonchev–Trinajstić information content (AvgIpc) is 3.04. The predicted octanol–water partition coefficient (Wildman–Crippen LogP) is 7.27. The second kappa shape index (κ2) is 16.0. The molecule has 3 aromatic rings. The third-order valence-electron chi connectivity index (χ3n) is 8.58. The van der Waals surface area contributed by atoms with Crippen molar-refractivity contribution in [3.63, 3.8) is 0 Å². The summed E-state index contributed by atoms with van der Waals surface area (Å²) < 4.78 is 49.6. The first-order chi connectivity index (χ1) is 21.6. The number of hydrogen-bond donors (Lipinski definition) is 1. The van der Waals surface area contributed by atoms with Crippen molar-refractivity contribution in [1.29, 1.82) is 0 Å². The van der Waals surface area contributed by atoms with Gasteiger partial charge in [0.25, 0.3) is 5.91 Å². The van der Waals surface area contributed by atoms with Crippen molar-refractivity contribution in [3.8, 4) is 11.1 Å². The Morgan fingerprint density at radius 3 is 2.20 bits per heavy atom. The lowest BCUT2D eigenvalue weighted by atomic mass is 9.76. The molecule has 3 aromatic carbocycles. The molecule has 0 spiro atoms. The van der Waals surface area contributed by atoms with Gasteiger partial charge in [0.1, 0.15) is 0 Å². The molecule has 1 saturated heterocycles. The summed E-state index contributed by atoms with van der Waals surface area (Å²) in [6.07, 6.45) is -0.0698. The lowest BCUT2D eigenvalue weighted by Gasteiger charge is -2.34. The fraction of sp³-hybridized carbons (Fsp3) is 0.444. The van der Waals surface area contributed by atoms with E-state index in [0.29, 0.717) is 42.7 Å². The van der Waals surface area contributed by atoms with Crippen LogP contribution in [0.25, 0.3) is 11.1 Å².